The van der Waals surface area contributed by atoms with Gasteiger partial charge in [-0.25, -0.2) is 13.8 Å². The number of amides is 2. The third kappa shape index (κ3) is 8.57. The highest BCUT2D eigenvalue weighted by Crippen LogP contribution is 2.29. The van der Waals surface area contributed by atoms with Crippen LogP contribution in [0.5, 0.6) is 5.75 Å². The molecule has 4 rings (SSSR count). The first kappa shape index (κ1) is 31.6. The molecule has 0 bridgehead atoms. The number of rotatable bonds is 11. The number of hydrogen-bond acceptors (Lipinski definition) is 6. The number of nitrogens with one attached hydrogen (secondary N) is 2. The Morgan fingerprint density at radius 1 is 0.907 bits per heavy atom. The molecule has 12 heteroatoms. The molecule has 0 fully saturated rings. The predicted molar refractivity (Wildman–Crippen MR) is 170 cm³/mol. The Morgan fingerprint density at radius 2 is 1.60 bits per heavy atom. The zero-order chi connectivity index (χ0) is 31.0. The van der Waals surface area contributed by atoms with E-state index in [2.05, 4.69) is 15.8 Å². The van der Waals surface area contributed by atoms with Crippen molar-refractivity contribution in [2.45, 2.75) is 18.7 Å². The summed E-state index contributed by atoms with van der Waals surface area (Å²) in [5.41, 5.74) is 5.30. The summed E-state index contributed by atoms with van der Waals surface area (Å²) in [5, 5.41) is 7.39. The summed E-state index contributed by atoms with van der Waals surface area (Å²) in [6.45, 7) is 2.84. The summed E-state index contributed by atoms with van der Waals surface area (Å²) in [4.78, 5) is 25.1. The molecule has 0 atom stereocenters. The van der Waals surface area contributed by atoms with Crippen LogP contribution in [-0.2, 0) is 19.6 Å². The van der Waals surface area contributed by atoms with E-state index in [1.165, 1.54) is 24.4 Å². The quantitative estimate of drug-likeness (QED) is 0.155. The normalized spacial score (nSPS) is 11.3. The number of carbonyl (C=O) groups excluding carboxylic acids is 2. The standard InChI is InChI=1S/C31H28Cl2N4O5S/c1-21-7-15-26(16-8-21)43(40,41)37(29-17-24(32)12-9-22(29)2)19-30(38)36-34-18-23-10-13-25(14-11-23)42-20-31(39)35-28-6-4-3-5-27(28)33/h3-18H,19-20H2,1-2H3,(H,35,39)(H,36,38)/b34-18-. The summed E-state index contributed by atoms with van der Waals surface area (Å²) in [6.07, 6.45) is 1.40. The van der Waals surface area contributed by atoms with Crippen molar-refractivity contribution in [2.75, 3.05) is 22.8 Å². The van der Waals surface area contributed by atoms with Crippen molar-refractivity contribution in [3.05, 3.63) is 118 Å². The van der Waals surface area contributed by atoms with Crippen molar-refractivity contribution in [2.24, 2.45) is 5.10 Å². The van der Waals surface area contributed by atoms with Crippen LogP contribution >= 0.6 is 23.2 Å². The summed E-state index contributed by atoms with van der Waals surface area (Å²) in [7, 11) is -4.11. The van der Waals surface area contributed by atoms with Crippen LogP contribution in [0.1, 0.15) is 16.7 Å². The maximum Gasteiger partial charge on any atom is 0.264 e. The maximum absolute atomic E-state index is 13.6. The minimum absolute atomic E-state index is 0.0393. The van der Waals surface area contributed by atoms with Gasteiger partial charge in [0, 0.05) is 5.02 Å². The third-order valence-corrected chi connectivity index (χ3v) is 8.48. The molecule has 2 amide bonds. The summed E-state index contributed by atoms with van der Waals surface area (Å²) in [6, 6.07) is 24.7. The van der Waals surface area contributed by atoms with E-state index in [4.69, 9.17) is 27.9 Å². The van der Waals surface area contributed by atoms with Gasteiger partial charge in [-0.05, 0) is 85.6 Å². The molecule has 222 valence electrons. The lowest BCUT2D eigenvalue weighted by atomic mass is 10.2. The summed E-state index contributed by atoms with van der Waals surface area (Å²) < 4.78 is 33.7. The summed E-state index contributed by atoms with van der Waals surface area (Å²) in [5.74, 6) is -0.576. The first-order valence-electron chi connectivity index (χ1n) is 13.0. The van der Waals surface area contributed by atoms with E-state index < -0.39 is 22.5 Å². The largest absolute Gasteiger partial charge is 0.484 e. The van der Waals surface area contributed by atoms with Crippen molar-refractivity contribution in [1.29, 1.82) is 0 Å². The number of aryl methyl sites for hydroxylation is 2. The molecule has 9 nitrogen and oxygen atoms in total. The monoisotopic (exact) mass is 638 g/mol. The van der Waals surface area contributed by atoms with Crippen LogP contribution in [-0.4, -0.2) is 39.6 Å². The second kappa shape index (κ2) is 14.2. The molecule has 2 N–H and O–H groups in total. The second-order valence-corrected chi connectivity index (χ2v) is 12.1. The number of anilines is 2. The molecule has 0 radical (unpaired) electrons. The van der Waals surface area contributed by atoms with Crippen molar-refractivity contribution in [3.8, 4) is 5.75 Å². The Hall–Kier alpha value is -4.38. The lowest BCUT2D eigenvalue weighted by Crippen LogP contribution is -2.40. The van der Waals surface area contributed by atoms with Gasteiger partial charge in [0.15, 0.2) is 6.61 Å². The highest BCUT2D eigenvalue weighted by atomic mass is 35.5. The van der Waals surface area contributed by atoms with Gasteiger partial charge in [0.25, 0.3) is 21.8 Å². The highest BCUT2D eigenvalue weighted by molar-refractivity contribution is 7.92. The smallest absolute Gasteiger partial charge is 0.264 e. The first-order chi connectivity index (χ1) is 20.5. The zero-order valence-corrected chi connectivity index (χ0v) is 25.6. The van der Waals surface area contributed by atoms with E-state index in [1.807, 2.05) is 6.92 Å². The van der Waals surface area contributed by atoms with E-state index in [1.54, 1.807) is 79.7 Å². The van der Waals surface area contributed by atoms with Gasteiger partial charge >= 0.3 is 0 Å². The number of hydrazone groups is 1. The molecule has 0 saturated carbocycles. The van der Waals surface area contributed by atoms with E-state index >= 15 is 0 Å². The molecule has 0 aliphatic rings. The molecule has 0 aliphatic carbocycles. The Morgan fingerprint density at radius 3 is 2.30 bits per heavy atom. The number of hydrogen-bond donors (Lipinski definition) is 2. The van der Waals surface area contributed by atoms with E-state index in [-0.39, 0.29) is 23.1 Å². The van der Waals surface area contributed by atoms with Gasteiger partial charge in [-0.1, -0.05) is 59.1 Å². The van der Waals surface area contributed by atoms with Crippen LogP contribution in [0.25, 0.3) is 0 Å². The average Bonchev–Trinajstić information content (AvgIpc) is 2.98. The molecule has 4 aromatic rings. The van der Waals surface area contributed by atoms with Gasteiger partial charge in [-0.15, -0.1) is 0 Å². The second-order valence-electron chi connectivity index (χ2n) is 9.43. The minimum Gasteiger partial charge on any atom is -0.484 e. The molecule has 0 aromatic heterocycles. The fourth-order valence-corrected chi connectivity index (χ4v) is 5.71. The fourth-order valence-electron chi connectivity index (χ4n) is 3.88. The van der Waals surface area contributed by atoms with Gasteiger partial charge in [0.05, 0.1) is 27.5 Å². The van der Waals surface area contributed by atoms with Gasteiger partial charge in [-0.3, -0.25) is 13.9 Å². The van der Waals surface area contributed by atoms with Crippen molar-refractivity contribution in [3.63, 3.8) is 0 Å². The molecular weight excluding hydrogens is 611 g/mol. The Balaban J connectivity index is 1.38. The molecule has 0 heterocycles. The SMILES string of the molecule is Cc1ccc(S(=O)(=O)N(CC(=O)N/N=C\c2ccc(OCC(=O)Nc3ccccc3Cl)cc2)c2cc(Cl)ccc2C)cc1. The Kier molecular flexibility index (Phi) is 10.4. The summed E-state index contributed by atoms with van der Waals surface area (Å²) >= 11 is 12.2. The molecule has 43 heavy (non-hydrogen) atoms. The van der Waals surface area contributed by atoms with E-state index in [9.17, 15) is 18.0 Å². The van der Waals surface area contributed by atoms with Crippen molar-refractivity contribution >= 4 is 62.6 Å². The number of carbonyl (C=O) groups is 2. The van der Waals surface area contributed by atoms with Crippen molar-refractivity contribution < 1.29 is 22.7 Å². The fraction of sp³-hybridized carbons (Fsp3) is 0.129. The molecule has 0 aliphatic heterocycles. The first-order valence-corrected chi connectivity index (χ1v) is 15.2. The van der Waals surface area contributed by atoms with E-state index in [0.717, 1.165) is 9.87 Å². The zero-order valence-electron chi connectivity index (χ0n) is 23.3. The third-order valence-electron chi connectivity index (χ3n) is 6.14. The maximum atomic E-state index is 13.6. The highest BCUT2D eigenvalue weighted by Gasteiger charge is 2.28. The van der Waals surface area contributed by atoms with Crippen LogP contribution in [0.2, 0.25) is 10.0 Å². The van der Waals surface area contributed by atoms with Crippen LogP contribution in [0, 0.1) is 13.8 Å². The van der Waals surface area contributed by atoms with Crippen molar-refractivity contribution in [1.82, 2.24) is 5.43 Å². The average molecular weight is 640 g/mol. The number of halogens is 2. The van der Waals surface area contributed by atoms with Crippen LogP contribution in [0.4, 0.5) is 11.4 Å². The molecule has 0 unspecified atom stereocenters. The number of benzene rings is 4. The lowest BCUT2D eigenvalue weighted by molar-refractivity contribution is -0.119. The molecule has 0 saturated heterocycles. The predicted octanol–water partition coefficient (Wildman–Crippen LogP) is 5.97. The van der Waals surface area contributed by atoms with Gasteiger partial charge in [0.1, 0.15) is 12.3 Å². The molecule has 4 aromatic carbocycles. The number of nitrogens with zero attached hydrogens (tertiary/aromatic N) is 2. The topological polar surface area (TPSA) is 117 Å². The van der Waals surface area contributed by atoms with Crippen LogP contribution in [0.15, 0.2) is 101 Å². The van der Waals surface area contributed by atoms with Gasteiger partial charge < -0.3 is 10.1 Å². The number of para-hydroxylation sites is 1. The van der Waals surface area contributed by atoms with Crippen LogP contribution < -0.4 is 19.8 Å². The van der Waals surface area contributed by atoms with Gasteiger partial charge in [0.2, 0.25) is 0 Å². The Bertz CT molecular complexity index is 1750. The van der Waals surface area contributed by atoms with Gasteiger partial charge in [-0.2, -0.15) is 5.10 Å². The Labute approximate surface area is 260 Å². The molecular formula is C31H28Cl2N4O5S. The number of sulfonamides is 1. The lowest BCUT2D eigenvalue weighted by Gasteiger charge is -2.25. The number of ether oxygens (including phenoxy) is 1. The molecule has 0 spiro atoms. The van der Waals surface area contributed by atoms with Crippen LogP contribution in [0.3, 0.4) is 0 Å². The minimum atomic E-state index is -4.11. The van der Waals surface area contributed by atoms with E-state index in [0.29, 0.717) is 32.6 Å².